The second-order valence-corrected chi connectivity index (χ2v) is 7.70. The monoisotopic (exact) mass is 322 g/mol. The molecule has 120 valence electrons. The van der Waals surface area contributed by atoms with Gasteiger partial charge >= 0.3 is 7.12 Å². The van der Waals surface area contributed by atoms with E-state index in [0.717, 1.165) is 11.2 Å². The molecule has 0 amide bonds. The van der Waals surface area contributed by atoms with Crippen molar-refractivity contribution < 1.29 is 14.1 Å². The van der Waals surface area contributed by atoms with Crippen molar-refractivity contribution in [3.8, 4) is 0 Å². The van der Waals surface area contributed by atoms with Crippen molar-refractivity contribution in [2.45, 2.75) is 45.8 Å². The van der Waals surface area contributed by atoms with Crippen LogP contribution < -0.4 is 0 Å². The van der Waals surface area contributed by atoms with Gasteiger partial charge in [0.1, 0.15) is 0 Å². The van der Waals surface area contributed by atoms with Crippen LogP contribution in [0.2, 0.25) is 0 Å². The molecule has 1 saturated heterocycles. The molecule has 0 unspecified atom stereocenters. The van der Waals surface area contributed by atoms with Crippen molar-refractivity contribution in [3.05, 3.63) is 23.7 Å². The van der Waals surface area contributed by atoms with E-state index in [2.05, 4.69) is 4.98 Å². The third kappa shape index (κ3) is 3.83. The van der Waals surface area contributed by atoms with Gasteiger partial charge in [0.15, 0.2) is 5.12 Å². The number of thioether (sulfide) groups is 1. The number of aromatic nitrogens is 2. The van der Waals surface area contributed by atoms with Gasteiger partial charge in [0.2, 0.25) is 0 Å². The van der Waals surface area contributed by atoms with E-state index < -0.39 is 18.3 Å². The highest BCUT2D eigenvalue weighted by Crippen LogP contribution is 2.39. The minimum atomic E-state index is -0.459. The molecule has 1 fully saturated rings. The average Bonchev–Trinajstić information content (AvgIpc) is 2.86. The highest BCUT2D eigenvalue weighted by molar-refractivity contribution is 8.13. The minimum Gasteiger partial charge on any atom is -0.400 e. The predicted octanol–water partition coefficient (Wildman–Crippen LogP) is 2.71. The summed E-state index contributed by atoms with van der Waals surface area (Å²) in [4.78, 5) is 15.6. The SMILES string of the molecule is CC(=O)SCC(=Cc1cn(C)cn1)B1OC(C)(C)C(C)(C)O1. The van der Waals surface area contributed by atoms with Crippen molar-refractivity contribution in [2.75, 3.05) is 5.75 Å². The highest BCUT2D eigenvalue weighted by Gasteiger charge is 2.52. The van der Waals surface area contributed by atoms with Gasteiger partial charge in [-0.2, -0.15) is 0 Å². The van der Waals surface area contributed by atoms with Gasteiger partial charge in [-0.05, 0) is 39.2 Å². The van der Waals surface area contributed by atoms with Gasteiger partial charge in [0, 0.05) is 25.9 Å². The molecule has 5 nitrogen and oxygen atoms in total. The van der Waals surface area contributed by atoms with Crippen LogP contribution in [0.1, 0.15) is 40.3 Å². The van der Waals surface area contributed by atoms with Crippen molar-refractivity contribution >= 4 is 30.1 Å². The van der Waals surface area contributed by atoms with Gasteiger partial charge in [-0.25, -0.2) is 4.98 Å². The summed E-state index contributed by atoms with van der Waals surface area (Å²) in [6.07, 6.45) is 5.60. The molecule has 0 aromatic carbocycles. The zero-order chi connectivity index (χ0) is 16.5. The van der Waals surface area contributed by atoms with Crippen LogP contribution in [0.15, 0.2) is 18.0 Å². The fourth-order valence-corrected chi connectivity index (χ4v) is 2.64. The van der Waals surface area contributed by atoms with Crippen LogP contribution in [-0.4, -0.2) is 38.7 Å². The molecule has 7 heteroatoms. The van der Waals surface area contributed by atoms with Gasteiger partial charge in [-0.3, -0.25) is 4.79 Å². The van der Waals surface area contributed by atoms with Crippen molar-refractivity contribution in [2.24, 2.45) is 7.05 Å². The van der Waals surface area contributed by atoms with E-state index in [9.17, 15) is 4.79 Å². The molecule has 0 bridgehead atoms. The van der Waals surface area contributed by atoms with E-state index in [4.69, 9.17) is 9.31 Å². The van der Waals surface area contributed by atoms with Crippen LogP contribution in [-0.2, 0) is 21.2 Å². The van der Waals surface area contributed by atoms with Crippen molar-refractivity contribution in [3.63, 3.8) is 0 Å². The quantitative estimate of drug-likeness (QED) is 0.798. The Bertz CT molecular complexity index is 579. The lowest BCUT2D eigenvalue weighted by Gasteiger charge is -2.32. The Hall–Kier alpha value is -1.05. The van der Waals surface area contributed by atoms with Gasteiger partial charge in [-0.15, -0.1) is 0 Å². The van der Waals surface area contributed by atoms with E-state index in [0.29, 0.717) is 5.75 Å². The molecular weight excluding hydrogens is 299 g/mol. The van der Waals surface area contributed by atoms with Gasteiger partial charge in [0.05, 0.1) is 23.2 Å². The molecule has 0 saturated carbocycles. The summed E-state index contributed by atoms with van der Waals surface area (Å²) < 4.78 is 14.1. The summed E-state index contributed by atoms with van der Waals surface area (Å²) in [7, 11) is 1.46. The highest BCUT2D eigenvalue weighted by atomic mass is 32.2. The number of hydrogen-bond acceptors (Lipinski definition) is 5. The zero-order valence-corrected chi connectivity index (χ0v) is 14.9. The lowest BCUT2D eigenvalue weighted by molar-refractivity contribution is -0.109. The van der Waals surface area contributed by atoms with E-state index in [1.54, 1.807) is 13.3 Å². The van der Waals surface area contributed by atoms with Crippen molar-refractivity contribution in [1.82, 2.24) is 9.55 Å². The molecule has 0 atom stereocenters. The maximum atomic E-state index is 11.3. The molecule has 0 N–H and O–H groups in total. The molecule has 1 aromatic rings. The maximum absolute atomic E-state index is 11.3. The summed E-state index contributed by atoms with van der Waals surface area (Å²) in [6.45, 7) is 9.63. The van der Waals surface area contributed by atoms with Crippen LogP contribution in [0.4, 0.5) is 0 Å². The van der Waals surface area contributed by atoms with Crippen LogP contribution >= 0.6 is 11.8 Å². The summed E-state index contributed by atoms with van der Waals surface area (Å²) >= 11 is 1.25. The molecule has 1 aliphatic heterocycles. The fourth-order valence-electron chi connectivity index (χ4n) is 2.05. The van der Waals surface area contributed by atoms with E-state index in [1.165, 1.54) is 11.8 Å². The van der Waals surface area contributed by atoms with Crippen LogP contribution in [0.5, 0.6) is 0 Å². The first kappa shape index (κ1) is 17.3. The van der Waals surface area contributed by atoms with E-state index in [1.807, 2.05) is 51.6 Å². The topological polar surface area (TPSA) is 53.4 Å². The van der Waals surface area contributed by atoms with Gasteiger partial charge in [0.25, 0.3) is 0 Å². The first-order valence-corrected chi connectivity index (χ1v) is 8.27. The number of carbonyl (C=O) groups is 1. The number of rotatable bonds is 4. The average molecular weight is 322 g/mol. The first-order valence-electron chi connectivity index (χ1n) is 7.28. The van der Waals surface area contributed by atoms with Gasteiger partial charge < -0.3 is 13.9 Å². The summed E-state index contributed by atoms with van der Waals surface area (Å²) in [5.74, 6) is 0.530. The first-order chi connectivity index (χ1) is 10.1. The third-order valence-electron chi connectivity index (χ3n) is 4.06. The van der Waals surface area contributed by atoms with Crippen LogP contribution in [0, 0.1) is 0 Å². The summed E-state index contributed by atoms with van der Waals surface area (Å²) in [5, 5.41) is 0.0726. The summed E-state index contributed by atoms with van der Waals surface area (Å²) in [6, 6.07) is 0. The van der Waals surface area contributed by atoms with E-state index >= 15 is 0 Å². The molecule has 0 aliphatic carbocycles. The predicted molar refractivity (Wildman–Crippen MR) is 90.4 cm³/mol. The standard InChI is InChI=1S/C15H23BN2O3S/c1-11(19)22-9-12(7-13-8-18(6)10-17-13)16-20-14(2,3)15(4,5)21-16/h7-8,10H,9H2,1-6H3. The Kier molecular flexibility index (Phi) is 4.89. The third-order valence-corrected chi connectivity index (χ3v) is 4.94. The van der Waals surface area contributed by atoms with Crippen LogP contribution in [0.25, 0.3) is 6.08 Å². The second kappa shape index (κ2) is 6.22. The fraction of sp³-hybridized carbons (Fsp3) is 0.600. The number of imidazole rings is 1. The lowest BCUT2D eigenvalue weighted by atomic mass is 9.78. The molecule has 1 aromatic heterocycles. The van der Waals surface area contributed by atoms with Gasteiger partial charge in [-0.1, -0.05) is 11.8 Å². The Morgan fingerprint density at radius 1 is 1.36 bits per heavy atom. The molecule has 2 rings (SSSR count). The smallest absolute Gasteiger partial charge is 0.400 e. The lowest BCUT2D eigenvalue weighted by Crippen LogP contribution is -2.41. The zero-order valence-electron chi connectivity index (χ0n) is 14.0. The summed E-state index contributed by atoms with van der Waals surface area (Å²) in [5.41, 5.74) is 0.942. The second-order valence-electron chi connectivity index (χ2n) is 6.55. The number of hydrogen-bond donors (Lipinski definition) is 0. The van der Waals surface area contributed by atoms with E-state index in [-0.39, 0.29) is 5.12 Å². The molecule has 0 spiro atoms. The minimum absolute atomic E-state index is 0.0726. The Balaban J connectivity index is 2.25. The normalized spacial score (nSPS) is 20.5. The van der Waals surface area contributed by atoms with Crippen molar-refractivity contribution in [1.29, 1.82) is 0 Å². The number of aryl methyl sites for hydroxylation is 1. The van der Waals surface area contributed by atoms with Crippen LogP contribution in [0.3, 0.4) is 0 Å². The largest absolute Gasteiger partial charge is 0.491 e. The Morgan fingerprint density at radius 2 is 1.95 bits per heavy atom. The molecular formula is C15H23BN2O3S. The number of nitrogens with zero attached hydrogens (tertiary/aromatic N) is 2. The Morgan fingerprint density at radius 3 is 2.41 bits per heavy atom. The Labute approximate surface area is 136 Å². The molecule has 22 heavy (non-hydrogen) atoms. The number of carbonyl (C=O) groups excluding carboxylic acids is 1. The molecule has 2 heterocycles. The molecule has 0 radical (unpaired) electrons. The maximum Gasteiger partial charge on any atom is 0.491 e. The molecule has 1 aliphatic rings.